The molecule has 0 atom stereocenters. The van der Waals surface area contributed by atoms with Crippen molar-refractivity contribution in [3.8, 4) is 28.4 Å². The van der Waals surface area contributed by atoms with Gasteiger partial charge in [0, 0.05) is 16.5 Å². The summed E-state index contributed by atoms with van der Waals surface area (Å²) in [7, 11) is 0. The Labute approximate surface area is 188 Å². The van der Waals surface area contributed by atoms with Crippen molar-refractivity contribution >= 4 is 33.4 Å². The third-order valence-electron chi connectivity index (χ3n) is 4.96. The summed E-state index contributed by atoms with van der Waals surface area (Å²) in [5.41, 5.74) is 5.92. The van der Waals surface area contributed by atoms with Crippen LogP contribution in [0.1, 0.15) is 5.56 Å². The van der Waals surface area contributed by atoms with Crippen LogP contribution in [0, 0.1) is 6.92 Å². The molecule has 0 aliphatic heterocycles. The Morgan fingerprint density at radius 2 is 1.81 bits per heavy atom. The van der Waals surface area contributed by atoms with E-state index in [-0.39, 0.29) is 12.5 Å². The number of anilines is 1. The number of benzene rings is 3. The molecule has 0 unspecified atom stereocenters. The van der Waals surface area contributed by atoms with E-state index in [2.05, 4.69) is 33.3 Å². The smallest absolute Gasteiger partial charge is 0.264 e. The van der Waals surface area contributed by atoms with Gasteiger partial charge in [0.05, 0.1) is 16.7 Å². The van der Waals surface area contributed by atoms with E-state index in [1.54, 1.807) is 0 Å². The predicted octanol–water partition coefficient (Wildman–Crippen LogP) is 5.68. The van der Waals surface area contributed by atoms with Crippen molar-refractivity contribution in [3.63, 3.8) is 0 Å². The number of nitrogens with one attached hydrogen (secondary N) is 2. The Hall–Kier alpha value is -3.97. The summed E-state index contributed by atoms with van der Waals surface area (Å²) < 4.78 is 5.63. The van der Waals surface area contributed by atoms with E-state index in [4.69, 9.17) is 4.74 Å². The fraction of sp³-hybridized carbons (Fsp3) is 0.0800. The van der Waals surface area contributed by atoms with Crippen LogP contribution < -0.4 is 10.1 Å². The van der Waals surface area contributed by atoms with Crippen LogP contribution in [0.5, 0.6) is 5.75 Å². The van der Waals surface area contributed by atoms with Gasteiger partial charge in [-0.1, -0.05) is 36.4 Å². The minimum absolute atomic E-state index is 0.0937. The zero-order valence-corrected chi connectivity index (χ0v) is 18.1. The number of ether oxygens (including phenoxy) is 1. The summed E-state index contributed by atoms with van der Waals surface area (Å²) in [6.07, 6.45) is 0. The van der Waals surface area contributed by atoms with E-state index in [0.29, 0.717) is 10.9 Å². The molecule has 0 fully saturated rings. The van der Waals surface area contributed by atoms with Gasteiger partial charge < -0.3 is 9.72 Å². The predicted molar refractivity (Wildman–Crippen MR) is 128 cm³/mol. The van der Waals surface area contributed by atoms with Gasteiger partial charge in [0.15, 0.2) is 11.7 Å². The molecule has 158 valence electrons. The number of carbonyl (C=O) groups is 1. The molecule has 32 heavy (non-hydrogen) atoms. The van der Waals surface area contributed by atoms with E-state index in [1.807, 2.05) is 72.1 Å². The summed E-state index contributed by atoms with van der Waals surface area (Å²) in [5, 5.41) is 5.26. The molecule has 5 rings (SSSR count). The van der Waals surface area contributed by atoms with Crippen molar-refractivity contribution in [2.45, 2.75) is 6.92 Å². The van der Waals surface area contributed by atoms with Crippen LogP contribution in [0.4, 0.5) is 5.13 Å². The van der Waals surface area contributed by atoms with E-state index >= 15 is 0 Å². The van der Waals surface area contributed by atoms with Crippen LogP contribution in [0.25, 0.3) is 33.7 Å². The number of aromatic nitrogens is 3. The number of fused-ring (bicyclic) bond motifs is 1. The number of amides is 1. The van der Waals surface area contributed by atoms with Gasteiger partial charge in [0.2, 0.25) is 0 Å². The molecule has 7 heteroatoms. The second-order valence-corrected chi connectivity index (χ2v) is 8.23. The van der Waals surface area contributed by atoms with Crippen LogP contribution in [0.2, 0.25) is 0 Å². The van der Waals surface area contributed by atoms with Gasteiger partial charge in [-0.25, -0.2) is 9.97 Å². The molecular formula is C25H20N4O2S. The number of H-pyrrole nitrogens is 1. The first kappa shape index (κ1) is 20.0. The molecule has 0 aliphatic rings. The number of hydrogen-bond acceptors (Lipinski definition) is 5. The minimum atomic E-state index is -0.254. The molecule has 2 N–H and O–H groups in total. The van der Waals surface area contributed by atoms with Crippen molar-refractivity contribution in [1.82, 2.24) is 15.0 Å². The number of rotatable bonds is 6. The Bertz CT molecular complexity index is 1370. The number of carbonyl (C=O) groups excluding carboxylic acids is 1. The molecular weight excluding hydrogens is 420 g/mol. The maximum Gasteiger partial charge on any atom is 0.264 e. The maximum absolute atomic E-state index is 12.3. The normalized spacial score (nSPS) is 10.9. The number of aryl methyl sites for hydroxylation is 1. The van der Waals surface area contributed by atoms with Crippen LogP contribution in [0.3, 0.4) is 0 Å². The summed E-state index contributed by atoms with van der Waals surface area (Å²) in [6, 6.07) is 23.5. The molecule has 0 spiro atoms. The zero-order valence-electron chi connectivity index (χ0n) is 17.3. The Morgan fingerprint density at radius 1 is 1.00 bits per heavy atom. The van der Waals surface area contributed by atoms with E-state index in [1.165, 1.54) is 16.9 Å². The van der Waals surface area contributed by atoms with Gasteiger partial charge in [0.1, 0.15) is 11.6 Å². The number of nitrogens with zero attached hydrogens (tertiary/aromatic N) is 2. The Balaban J connectivity index is 1.19. The first-order valence-corrected chi connectivity index (χ1v) is 11.0. The SMILES string of the molecule is Cc1ccc2nc(-c3ccc(OCC(=O)Nc4nc(-c5ccccc5)cs4)cc3)[nH]c2c1. The van der Waals surface area contributed by atoms with Crippen molar-refractivity contribution in [3.05, 3.63) is 83.7 Å². The average Bonchev–Trinajstić information content (AvgIpc) is 3.45. The Morgan fingerprint density at radius 3 is 2.62 bits per heavy atom. The molecule has 0 saturated carbocycles. The molecule has 0 aliphatic carbocycles. The lowest BCUT2D eigenvalue weighted by Gasteiger charge is -2.06. The summed E-state index contributed by atoms with van der Waals surface area (Å²) in [6.45, 7) is 1.96. The van der Waals surface area contributed by atoms with Crippen molar-refractivity contribution in [2.24, 2.45) is 0 Å². The van der Waals surface area contributed by atoms with Crippen molar-refractivity contribution in [2.75, 3.05) is 11.9 Å². The van der Waals surface area contributed by atoms with Crippen LogP contribution >= 0.6 is 11.3 Å². The van der Waals surface area contributed by atoms with Gasteiger partial charge in [-0.2, -0.15) is 0 Å². The highest BCUT2D eigenvalue weighted by atomic mass is 32.1. The fourth-order valence-electron chi connectivity index (χ4n) is 3.35. The molecule has 0 saturated heterocycles. The third kappa shape index (κ3) is 4.38. The highest BCUT2D eigenvalue weighted by Crippen LogP contribution is 2.25. The lowest BCUT2D eigenvalue weighted by Crippen LogP contribution is -2.20. The van der Waals surface area contributed by atoms with Crippen molar-refractivity contribution in [1.29, 1.82) is 0 Å². The van der Waals surface area contributed by atoms with Gasteiger partial charge in [-0.15, -0.1) is 11.3 Å². The molecule has 5 aromatic rings. The van der Waals surface area contributed by atoms with Gasteiger partial charge in [-0.3, -0.25) is 10.1 Å². The standard InChI is InChI=1S/C25H20N4O2S/c1-16-7-12-20-21(13-16)27-24(26-20)18-8-10-19(11-9-18)31-14-23(30)29-25-28-22(15-32-25)17-5-3-2-4-6-17/h2-13,15H,14H2,1H3,(H,26,27)(H,28,29,30). The molecule has 0 bridgehead atoms. The second kappa shape index (κ2) is 8.64. The number of hydrogen-bond donors (Lipinski definition) is 2. The van der Waals surface area contributed by atoms with Crippen LogP contribution in [-0.4, -0.2) is 27.5 Å². The minimum Gasteiger partial charge on any atom is -0.484 e. The fourth-order valence-corrected chi connectivity index (χ4v) is 4.08. The zero-order chi connectivity index (χ0) is 21.9. The highest BCUT2D eigenvalue weighted by molar-refractivity contribution is 7.14. The summed E-state index contributed by atoms with van der Waals surface area (Å²) in [5.74, 6) is 1.16. The Kier molecular flexibility index (Phi) is 5.39. The van der Waals surface area contributed by atoms with Gasteiger partial charge in [0.25, 0.3) is 5.91 Å². The largest absolute Gasteiger partial charge is 0.484 e. The molecule has 2 aromatic heterocycles. The molecule has 1 amide bonds. The van der Waals surface area contributed by atoms with Crippen molar-refractivity contribution < 1.29 is 9.53 Å². The number of imidazole rings is 1. The number of thiazole rings is 1. The lowest BCUT2D eigenvalue weighted by molar-refractivity contribution is -0.118. The first-order chi connectivity index (χ1) is 15.6. The van der Waals surface area contributed by atoms with E-state index in [0.717, 1.165) is 33.7 Å². The lowest BCUT2D eigenvalue weighted by atomic mass is 10.2. The first-order valence-electron chi connectivity index (χ1n) is 10.1. The van der Waals surface area contributed by atoms with Gasteiger partial charge >= 0.3 is 0 Å². The van der Waals surface area contributed by atoms with Gasteiger partial charge in [-0.05, 0) is 48.9 Å². The summed E-state index contributed by atoms with van der Waals surface area (Å²) >= 11 is 1.39. The topological polar surface area (TPSA) is 79.9 Å². The summed E-state index contributed by atoms with van der Waals surface area (Å²) in [4.78, 5) is 24.7. The van der Waals surface area contributed by atoms with Crippen LogP contribution in [-0.2, 0) is 4.79 Å². The monoisotopic (exact) mass is 440 g/mol. The van der Waals surface area contributed by atoms with Crippen LogP contribution in [0.15, 0.2) is 78.2 Å². The molecule has 6 nitrogen and oxygen atoms in total. The average molecular weight is 441 g/mol. The molecule has 3 aromatic carbocycles. The molecule has 2 heterocycles. The van der Waals surface area contributed by atoms with E-state index in [9.17, 15) is 4.79 Å². The highest BCUT2D eigenvalue weighted by Gasteiger charge is 2.10. The maximum atomic E-state index is 12.3. The second-order valence-electron chi connectivity index (χ2n) is 7.37. The third-order valence-corrected chi connectivity index (χ3v) is 5.71. The quantitative estimate of drug-likeness (QED) is 0.356. The van der Waals surface area contributed by atoms with E-state index < -0.39 is 0 Å². The number of aromatic amines is 1. The molecule has 0 radical (unpaired) electrons.